The van der Waals surface area contributed by atoms with Crippen LogP contribution in [0.25, 0.3) is 11.3 Å². The Morgan fingerprint density at radius 3 is 1.86 bits per heavy atom. The number of nitrogens with one attached hydrogen (secondary N) is 1. The summed E-state index contributed by atoms with van der Waals surface area (Å²) in [6, 6.07) is 22.3. The molecule has 0 spiro atoms. The molecule has 0 bridgehead atoms. The van der Waals surface area contributed by atoms with Crippen LogP contribution in [0.3, 0.4) is 0 Å². The minimum absolute atomic E-state index is 0.511. The van der Waals surface area contributed by atoms with E-state index in [4.69, 9.17) is 40.5 Å². The van der Waals surface area contributed by atoms with Gasteiger partial charge in [0.1, 0.15) is 11.0 Å². The third-order valence-electron chi connectivity index (χ3n) is 5.99. The Balaban J connectivity index is 0.000000165. The highest BCUT2D eigenvalue weighted by atomic mass is 35.5. The van der Waals surface area contributed by atoms with E-state index >= 15 is 0 Å². The summed E-state index contributed by atoms with van der Waals surface area (Å²) in [5, 5.41) is 13.6. The highest BCUT2D eigenvalue weighted by molar-refractivity contribution is 6.31. The molecule has 0 unspecified atom stereocenters. The predicted octanol–water partition coefficient (Wildman–Crippen LogP) is 8.67. The maximum absolute atomic E-state index is 6.00. The van der Waals surface area contributed by atoms with E-state index in [1.54, 1.807) is 35.1 Å². The lowest BCUT2D eigenvalue weighted by molar-refractivity contribution is 0.821. The lowest BCUT2D eigenvalue weighted by atomic mass is 10.2. The van der Waals surface area contributed by atoms with Gasteiger partial charge in [0.05, 0.1) is 12.4 Å². The molecule has 0 saturated heterocycles. The number of anilines is 3. The smallest absolute Gasteiger partial charge is 0.157 e. The molecule has 4 heterocycles. The SMILES string of the molecule is C=CCCc1cc(Cl)nc2ccnn12.C=CCCc1cc(Nc2cccc(Cl)c2)nc2ccnn12.Nc1cccc(Cl)c1. The Morgan fingerprint density at radius 1 is 0.721 bits per heavy atom. The van der Waals surface area contributed by atoms with E-state index in [0.29, 0.717) is 20.9 Å². The van der Waals surface area contributed by atoms with Crippen molar-refractivity contribution < 1.29 is 0 Å². The van der Waals surface area contributed by atoms with Crippen molar-refractivity contribution in [3.63, 3.8) is 0 Å². The van der Waals surface area contributed by atoms with Gasteiger partial charge in [-0.1, -0.05) is 59.1 Å². The molecule has 6 aromatic rings. The Kier molecular flexibility index (Phi) is 11.6. The largest absolute Gasteiger partial charge is 0.399 e. The van der Waals surface area contributed by atoms with E-state index in [-0.39, 0.29) is 0 Å². The number of halogens is 3. The minimum atomic E-state index is 0.511. The van der Waals surface area contributed by atoms with Crippen molar-refractivity contribution in [3.05, 3.63) is 137 Å². The van der Waals surface area contributed by atoms with Crippen LogP contribution in [-0.2, 0) is 12.8 Å². The van der Waals surface area contributed by atoms with Gasteiger partial charge in [0.15, 0.2) is 11.3 Å². The molecular weight excluding hydrogens is 603 g/mol. The zero-order valence-electron chi connectivity index (χ0n) is 23.4. The summed E-state index contributed by atoms with van der Waals surface area (Å²) in [6.07, 6.45) is 10.8. The fourth-order valence-corrected chi connectivity index (χ4v) is 4.66. The van der Waals surface area contributed by atoms with Crippen LogP contribution in [-0.4, -0.2) is 29.2 Å². The zero-order valence-corrected chi connectivity index (χ0v) is 25.6. The maximum Gasteiger partial charge on any atom is 0.157 e. The molecule has 43 heavy (non-hydrogen) atoms. The van der Waals surface area contributed by atoms with E-state index in [1.165, 1.54) is 0 Å². The molecule has 0 aliphatic rings. The van der Waals surface area contributed by atoms with Gasteiger partial charge in [-0.15, -0.1) is 13.2 Å². The molecule has 0 radical (unpaired) electrons. The average molecular weight is 634 g/mol. The Bertz CT molecular complexity index is 1790. The minimum Gasteiger partial charge on any atom is -0.399 e. The van der Waals surface area contributed by atoms with Gasteiger partial charge in [0, 0.05) is 51.0 Å². The molecule has 11 heteroatoms. The predicted molar refractivity (Wildman–Crippen MR) is 179 cm³/mol. The van der Waals surface area contributed by atoms with Crippen molar-refractivity contribution in [2.24, 2.45) is 0 Å². The van der Waals surface area contributed by atoms with Crippen LogP contribution in [0.15, 0.2) is 111 Å². The number of aromatic nitrogens is 6. The van der Waals surface area contributed by atoms with Crippen LogP contribution < -0.4 is 11.1 Å². The molecule has 2 aromatic carbocycles. The van der Waals surface area contributed by atoms with Gasteiger partial charge >= 0.3 is 0 Å². The number of hydrogen-bond donors (Lipinski definition) is 2. The van der Waals surface area contributed by atoms with Gasteiger partial charge in [0.2, 0.25) is 0 Å². The van der Waals surface area contributed by atoms with E-state index < -0.39 is 0 Å². The number of rotatable bonds is 8. The first kappa shape index (κ1) is 31.6. The number of nitrogen functional groups attached to an aromatic ring is 1. The standard InChI is InChI=1S/C16H15ClN4.C10H10ClN3.C6H6ClN/c1-2-3-7-14-11-15(20-16-8-9-18-21(14)16)19-13-6-4-5-12(17)10-13;1-2-3-4-8-7-9(11)13-10-5-6-12-14(8)10;7-5-2-1-3-6(8)4-5/h2,4-6,8-11H,1,3,7H2,(H,19,20);2,5-7H,1,3-4H2;1-4H,8H2. The van der Waals surface area contributed by atoms with Crippen LogP contribution in [0.2, 0.25) is 15.2 Å². The third kappa shape index (κ3) is 9.31. The fourth-order valence-electron chi connectivity index (χ4n) is 4.06. The van der Waals surface area contributed by atoms with Crippen LogP contribution in [0.1, 0.15) is 24.2 Å². The number of nitrogens with zero attached hydrogens (tertiary/aromatic N) is 6. The fraction of sp³-hybridized carbons (Fsp3) is 0.125. The van der Waals surface area contributed by atoms with Gasteiger partial charge in [0.25, 0.3) is 0 Å². The number of allylic oxidation sites excluding steroid dienone is 2. The molecule has 220 valence electrons. The Morgan fingerprint density at radius 2 is 1.30 bits per heavy atom. The highest BCUT2D eigenvalue weighted by Gasteiger charge is 2.07. The van der Waals surface area contributed by atoms with Crippen molar-refractivity contribution in [2.45, 2.75) is 25.7 Å². The van der Waals surface area contributed by atoms with Crippen molar-refractivity contribution in [2.75, 3.05) is 11.1 Å². The lowest BCUT2D eigenvalue weighted by Crippen LogP contribution is -2.03. The van der Waals surface area contributed by atoms with Crippen LogP contribution in [0.5, 0.6) is 0 Å². The quantitative estimate of drug-likeness (QED) is 0.0989. The zero-order chi connectivity index (χ0) is 30.6. The molecule has 8 nitrogen and oxygen atoms in total. The molecule has 0 aliphatic carbocycles. The first-order chi connectivity index (χ1) is 20.9. The second-order valence-electron chi connectivity index (χ2n) is 9.25. The summed E-state index contributed by atoms with van der Waals surface area (Å²) in [7, 11) is 0. The topological polar surface area (TPSA) is 98.4 Å². The summed E-state index contributed by atoms with van der Waals surface area (Å²) in [4.78, 5) is 8.69. The van der Waals surface area contributed by atoms with Crippen LogP contribution in [0.4, 0.5) is 17.2 Å². The first-order valence-corrected chi connectivity index (χ1v) is 14.6. The molecule has 4 aromatic heterocycles. The van der Waals surface area contributed by atoms with E-state index in [1.807, 2.05) is 71.3 Å². The molecule has 0 amide bonds. The summed E-state index contributed by atoms with van der Waals surface area (Å²) in [5.74, 6) is 0.782. The van der Waals surface area contributed by atoms with Gasteiger partial charge in [-0.05, 0) is 68.1 Å². The normalized spacial score (nSPS) is 10.4. The van der Waals surface area contributed by atoms with Gasteiger partial charge in [-0.3, -0.25) is 0 Å². The van der Waals surface area contributed by atoms with Crippen molar-refractivity contribution in [3.8, 4) is 0 Å². The second kappa shape index (κ2) is 15.7. The molecule has 0 saturated carbocycles. The number of aryl methyl sites for hydroxylation is 2. The summed E-state index contributed by atoms with van der Waals surface area (Å²) >= 11 is 17.4. The average Bonchev–Trinajstić information content (AvgIpc) is 3.65. The molecule has 0 aliphatic heterocycles. The second-order valence-corrected chi connectivity index (χ2v) is 10.5. The van der Waals surface area contributed by atoms with Crippen molar-refractivity contribution >= 4 is 63.3 Å². The summed E-state index contributed by atoms with van der Waals surface area (Å²) < 4.78 is 3.65. The van der Waals surface area contributed by atoms with Crippen LogP contribution >= 0.6 is 34.8 Å². The molecule has 0 fully saturated rings. The number of hydrogen-bond acceptors (Lipinski definition) is 6. The van der Waals surface area contributed by atoms with E-state index in [9.17, 15) is 0 Å². The van der Waals surface area contributed by atoms with Crippen molar-refractivity contribution in [1.82, 2.24) is 29.2 Å². The van der Waals surface area contributed by atoms with Crippen molar-refractivity contribution in [1.29, 1.82) is 0 Å². The highest BCUT2D eigenvalue weighted by Crippen LogP contribution is 2.21. The maximum atomic E-state index is 6.00. The monoisotopic (exact) mass is 632 g/mol. The molecule has 0 atom stereocenters. The van der Waals surface area contributed by atoms with Gasteiger partial charge in [-0.25, -0.2) is 19.0 Å². The van der Waals surface area contributed by atoms with Crippen LogP contribution in [0, 0.1) is 0 Å². The first-order valence-electron chi connectivity index (χ1n) is 13.4. The molecular formula is C32H31Cl3N8. The number of nitrogens with two attached hydrogens (primary N) is 1. The molecule has 3 N–H and O–H groups in total. The summed E-state index contributed by atoms with van der Waals surface area (Å²) in [5.41, 5.74) is 10.8. The number of benzene rings is 2. The summed E-state index contributed by atoms with van der Waals surface area (Å²) in [6.45, 7) is 7.46. The molecule has 6 rings (SSSR count). The van der Waals surface area contributed by atoms with Gasteiger partial charge in [-0.2, -0.15) is 10.2 Å². The Hall–Kier alpha value is -4.37. The van der Waals surface area contributed by atoms with E-state index in [2.05, 4.69) is 38.6 Å². The number of fused-ring (bicyclic) bond motifs is 2. The van der Waals surface area contributed by atoms with Gasteiger partial charge < -0.3 is 11.1 Å². The van der Waals surface area contributed by atoms with E-state index in [0.717, 1.165) is 59.9 Å². The lowest BCUT2D eigenvalue weighted by Gasteiger charge is -2.09. The Labute approximate surface area is 265 Å². The third-order valence-corrected chi connectivity index (χ3v) is 6.65.